The van der Waals surface area contributed by atoms with Crippen molar-refractivity contribution in [3.05, 3.63) is 41.3 Å². The predicted octanol–water partition coefficient (Wildman–Crippen LogP) is 5.67. The normalized spacial score (nSPS) is 12.9. The summed E-state index contributed by atoms with van der Waals surface area (Å²) in [7, 11) is 3.16. The molecule has 0 spiro atoms. The standard InChI is InChI=1S/C26H28N4O3S2/c1-14(2)10-19-16-6-5-7-17(16)22-23-24(35-25(22)30-19)26(28-13-27-23)34-12-21(31)29-18-9-8-15(32-3)11-20(18)33-4/h8-9,11,13-14H,5-7,10,12H2,1-4H3,(H,29,31). The van der Waals surface area contributed by atoms with E-state index in [0.29, 0.717) is 23.1 Å². The number of thiophene rings is 1. The molecular weight excluding hydrogens is 480 g/mol. The lowest BCUT2D eigenvalue weighted by Gasteiger charge is -2.11. The Hall–Kier alpha value is -2.91. The molecule has 4 aromatic rings. The molecule has 0 aliphatic heterocycles. The van der Waals surface area contributed by atoms with Gasteiger partial charge in [-0.1, -0.05) is 25.6 Å². The molecule has 1 N–H and O–H groups in total. The van der Waals surface area contributed by atoms with Crippen molar-refractivity contribution in [2.75, 3.05) is 25.3 Å². The van der Waals surface area contributed by atoms with Crippen molar-refractivity contribution < 1.29 is 14.3 Å². The minimum atomic E-state index is -0.135. The number of pyridine rings is 1. The van der Waals surface area contributed by atoms with Crippen LogP contribution in [0.1, 0.15) is 37.1 Å². The molecule has 1 aromatic carbocycles. The van der Waals surface area contributed by atoms with E-state index in [4.69, 9.17) is 14.5 Å². The first-order valence-corrected chi connectivity index (χ1v) is 13.5. The average Bonchev–Trinajstić information content (AvgIpc) is 3.47. The fraction of sp³-hybridized carbons (Fsp3) is 0.385. The maximum atomic E-state index is 12.7. The van der Waals surface area contributed by atoms with E-state index in [1.54, 1.807) is 50.1 Å². The summed E-state index contributed by atoms with van der Waals surface area (Å²) >= 11 is 3.05. The summed E-state index contributed by atoms with van der Waals surface area (Å²) < 4.78 is 11.6. The molecule has 3 aromatic heterocycles. The molecule has 0 bridgehead atoms. The molecule has 1 amide bonds. The number of aromatic nitrogens is 3. The van der Waals surface area contributed by atoms with Crippen LogP contribution in [-0.4, -0.2) is 40.8 Å². The summed E-state index contributed by atoms with van der Waals surface area (Å²) in [6.45, 7) is 4.48. The second-order valence-electron chi connectivity index (χ2n) is 9.01. The fourth-order valence-corrected chi connectivity index (χ4v) is 6.69. The number of hydrogen-bond donors (Lipinski definition) is 1. The van der Waals surface area contributed by atoms with Gasteiger partial charge in [-0.3, -0.25) is 4.79 Å². The van der Waals surface area contributed by atoms with Gasteiger partial charge >= 0.3 is 0 Å². The Bertz CT molecular complexity index is 1420. The van der Waals surface area contributed by atoms with Crippen LogP contribution in [0.15, 0.2) is 29.6 Å². The molecule has 0 saturated heterocycles. The number of thioether (sulfide) groups is 1. The molecule has 5 rings (SSSR count). The number of anilines is 1. The van der Waals surface area contributed by atoms with Crippen LogP contribution in [0.25, 0.3) is 20.4 Å². The molecule has 1 aliphatic rings. The molecule has 3 heterocycles. The monoisotopic (exact) mass is 508 g/mol. The number of carbonyl (C=O) groups excluding carboxylic acids is 1. The predicted molar refractivity (Wildman–Crippen MR) is 142 cm³/mol. The molecule has 7 nitrogen and oxygen atoms in total. The third kappa shape index (κ3) is 4.67. The van der Waals surface area contributed by atoms with Gasteiger partial charge < -0.3 is 14.8 Å². The fourth-order valence-electron chi connectivity index (χ4n) is 4.64. The van der Waals surface area contributed by atoms with Crippen LogP contribution in [0.2, 0.25) is 0 Å². The van der Waals surface area contributed by atoms with Crippen LogP contribution in [0.5, 0.6) is 11.5 Å². The summed E-state index contributed by atoms with van der Waals surface area (Å²) in [6, 6.07) is 5.30. The Balaban J connectivity index is 1.42. The topological polar surface area (TPSA) is 86.2 Å². The number of methoxy groups -OCH3 is 2. The summed E-state index contributed by atoms with van der Waals surface area (Å²) in [5, 5.41) is 4.92. The van der Waals surface area contributed by atoms with Gasteiger partial charge in [-0.15, -0.1) is 11.3 Å². The van der Waals surface area contributed by atoms with E-state index < -0.39 is 0 Å². The lowest BCUT2D eigenvalue weighted by atomic mass is 9.99. The van der Waals surface area contributed by atoms with Gasteiger partial charge in [-0.05, 0) is 54.9 Å². The van der Waals surface area contributed by atoms with Gasteiger partial charge in [0.25, 0.3) is 0 Å². The second kappa shape index (κ2) is 9.99. The van der Waals surface area contributed by atoms with Crippen LogP contribution in [0, 0.1) is 5.92 Å². The summed E-state index contributed by atoms with van der Waals surface area (Å²) in [5.41, 5.74) is 5.64. The number of fused-ring (bicyclic) bond motifs is 5. The highest BCUT2D eigenvalue weighted by atomic mass is 32.2. The van der Waals surface area contributed by atoms with Crippen LogP contribution in [-0.2, 0) is 24.1 Å². The van der Waals surface area contributed by atoms with Crippen molar-refractivity contribution in [2.45, 2.75) is 44.6 Å². The molecule has 0 fully saturated rings. The molecule has 0 radical (unpaired) electrons. The molecular formula is C26H28N4O3S2. The number of amides is 1. The van der Waals surface area contributed by atoms with Crippen LogP contribution >= 0.6 is 23.1 Å². The first-order valence-electron chi connectivity index (χ1n) is 11.7. The smallest absolute Gasteiger partial charge is 0.234 e. The third-order valence-corrected chi connectivity index (χ3v) is 8.35. The first-order chi connectivity index (χ1) is 17.0. The highest BCUT2D eigenvalue weighted by molar-refractivity contribution is 8.00. The summed E-state index contributed by atoms with van der Waals surface area (Å²) in [5.74, 6) is 1.87. The molecule has 35 heavy (non-hydrogen) atoms. The number of nitrogens with zero attached hydrogens (tertiary/aromatic N) is 3. The first kappa shape index (κ1) is 23.8. The SMILES string of the molecule is COc1ccc(NC(=O)CSc2ncnc3c2sc2nc(CC(C)C)c4c(c23)CCC4)c(OC)c1. The Morgan fingerprint density at radius 1 is 1.17 bits per heavy atom. The van der Waals surface area contributed by atoms with Crippen LogP contribution in [0.3, 0.4) is 0 Å². The van der Waals surface area contributed by atoms with Gasteiger partial charge in [-0.2, -0.15) is 0 Å². The van der Waals surface area contributed by atoms with E-state index in [1.165, 1.54) is 40.4 Å². The zero-order valence-electron chi connectivity index (χ0n) is 20.3. The van der Waals surface area contributed by atoms with E-state index in [-0.39, 0.29) is 11.7 Å². The van der Waals surface area contributed by atoms with E-state index >= 15 is 0 Å². The quantitative estimate of drug-likeness (QED) is 0.242. The van der Waals surface area contributed by atoms with Crippen molar-refractivity contribution in [1.82, 2.24) is 15.0 Å². The van der Waals surface area contributed by atoms with Gasteiger partial charge in [0, 0.05) is 17.1 Å². The molecule has 0 unspecified atom stereocenters. The minimum Gasteiger partial charge on any atom is -0.497 e. The van der Waals surface area contributed by atoms with Crippen molar-refractivity contribution in [3.63, 3.8) is 0 Å². The lowest BCUT2D eigenvalue weighted by molar-refractivity contribution is -0.113. The van der Waals surface area contributed by atoms with Gasteiger partial charge in [-0.25, -0.2) is 15.0 Å². The molecule has 0 saturated carbocycles. The van der Waals surface area contributed by atoms with Gasteiger partial charge in [0.1, 0.15) is 27.7 Å². The third-order valence-electron chi connectivity index (χ3n) is 6.15. The van der Waals surface area contributed by atoms with E-state index in [1.807, 2.05) is 0 Å². The lowest BCUT2D eigenvalue weighted by Crippen LogP contribution is -2.14. The number of hydrogen-bond acceptors (Lipinski definition) is 8. The second-order valence-corrected chi connectivity index (χ2v) is 11.0. The van der Waals surface area contributed by atoms with Crippen molar-refractivity contribution in [2.24, 2.45) is 5.92 Å². The molecule has 9 heteroatoms. The maximum absolute atomic E-state index is 12.7. The summed E-state index contributed by atoms with van der Waals surface area (Å²) in [6.07, 6.45) is 5.93. The van der Waals surface area contributed by atoms with Crippen LogP contribution in [0.4, 0.5) is 5.69 Å². The van der Waals surface area contributed by atoms with Crippen molar-refractivity contribution in [3.8, 4) is 11.5 Å². The number of ether oxygens (including phenoxy) is 2. The van der Waals surface area contributed by atoms with Gasteiger partial charge in [0.2, 0.25) is 5.91 Å². The summed E-state index contributed by atoms with van der Waals surface area (Å²) in [4.78, 5) is 28.0. The highest BCUT2D eigenvalue weighted by Gasteiger charge is 2.24. The Morgan fingerprint density at radius 2 is 2.00 bits per heavy atom. The van der Waals surface area contributed by atoms with Gasteiger partial charge in [0.05, 0.1) is 35.9 Å². The Kier molecular flexibility index (Phi) is 6.80. The minimum absolute atomic E-state index is 0.135. The number of benzene rings is 1. The number of aryl methyl sites for hydroxylation is 1. The Morgan fingerprint density at radius 3 is 2.77 bits per heavy atom. The molecule has 0 atom stereocenters. The van der Waals surface area contributed by atoms with Gasteiger partial charge in [0.15, 0.2) is 0 Å². The zero-order valence-corrected chi connectivity index (χ0v) is 21.9. The van der Waals surface area contributed by atoms with E-state index in [2.05, 4.69) is 29.1 Å². The molecule has 182 valence electrons. The number of rotatable bonds is 8. The van der Waals surface area contributed by atoms with Crippen molar-refractivity contribution in [1.29, 1.82) is 0 Å². The van der Waals surface area contributed by atoms with Crippen LogP contribution < -0.4 is 14.8 Å². The highest BCUT2D eigenvalue weighted by Crippen LogP contribution is 2.42. The Labute approximate surface area is 212 Å². The largest absolute Gasteiger partial charge is 0.497 e. The van der Waals surface area contributed by atoms with E-state index in [0.717, 1.165) is 39.3 Å². The number of nitrogens with one attached hydrogen (secondary N) is 1. The zero-order chi connectivity index (χ0) is 24.5. The maximum Gasteiger partial charge on any atom is 0.234 e. The molecule has 1 aliphatic carbocycles. The van der Waals surface area contributed by atoms with E-state index in [9.17, 15) is 4.79 Å². The van der Waals surface area contributed by atoms with Crippen molar-refractivity contribution >= 4 is 55.1 Å². The average molecular weight is 509 g/mol. The number of carbonyl (C=O) groups is 1.